The first-order valence-electron chi connectivity index (χ1n) is 15.6. The lowest BCUT2D eigenvalue weighted by Gasteiger charge is -2.44. The summed E-state index contributed by atoms with van der Waals surface area (Å²) in [4.78, 5) is 19.2. The molecule has 0 saturated carbocycles. The molecular formula is C40H34N4O2S. The SMILES string of the molecule is COC(=O)[C@@H]1/C(=C\Cc2ccccc2)N(c2ccccc2)C(=S)[C@@]12N(c1ccccc1)N=C(c1ccc(C)cc1)N2c1ccccc1. The number of hydrazone groups is 1. The summed E-state index contributed by atoms with van der Waals surface area (Å²) in [6.45, 7) is 2.06. The van der Waals surface area contributed by atoms with Gasteiger partial charge in [-0.05, 0) is 55.3 Å². The van der Waals surface area contributed by atoms with E-state index in [0.29, 0.717) is 17.2 Å². The van der Waals surface area contributed by atoms with Crippen LogP contribution in [0.1, 0.15) is 16.7 Å². The molecule has 2 aliphatic rings. The Morgan fingerprint density at radius 2 is 1.30 bits per heavy atom. The van der Waals surface area contributed by atoms with Crippen LogP contribution in [0.4, 0.5) is 17.1 Å². The standard InChI is InChI=1S/C40H34N4O2S/c1-29-23-26-31(27-24-29)37-41-44(34-21-13-6-14-22-34)40(43(37)33-19-11-5-12-20-33)36(38(45)46-2)35(28-25-30-15-7-3-8-16-30)42(39(40)47)32-17-9-4-10-18-32/h3-24,26-28,36H,25H2,1-2H3/b35-28+/t36-,40-/m0/s1. The number of ether oxygens (including phenoxy) is 1. The maximum Gasteiger partial charge on any atom is 0.319 e. The number of esters is 1. The molecule has 6 nitrogen and oxygen atoms in total. The van der Waals surface area contributed by atoms with E-state index in [0.717, 1.165) is 39.4 Å². The highest BCUT2D eigenvalue weighted by Crippen LogP contribution is 2.53. The Kier molecular flexibility index (Phi) is 8.14. The van der Waals surface area contributed by atoms with Gasteiger partial charge in [0.2, 0.25) is 5.66 Å². The molecule has 5 aromatic rings. The van der Waals surface area contributed by atoms with E-state index < -0.39 is 17.6 Å². The Morgan fingerprint density at radius 3 is 1.87 bits per heavy atom. The molecule has 2 aliphatic heterocycles. The maximum atomic E-state index is 14.5. The molecule has 7 rings (SSSR count). The summed E-state index contributed by atoms with van der Waals surface area (Å²) < 4.78 is 5.69. The Bertz CT molecular complexity index is 1950. The van der Waals surface area contributed by atoms with Crippen LogP contribution < -0.4 is 14.8 Å². The summed E-state index contributed by atoms with van der Waals surface area (Å²) in [5, 5.41) is 7.31. The van der Waals surface area contributed by atoms with Crippen LogP contribution in [0.25, 0.3) is 0 Å². The first-order chi connectivity index (χ1) is 23.0. The topological polar surface area (TPSA) is 48.4 Å². The van der Waals surface area contributed by atoms with E-state index in [4.69, 9.17) is 22.1 Å². The predicted octanol–water partition coefficient (Wildman–Crippen LogP) is 8.14. The van der Waals surface area contributed by atoms with Gasteiger partial charge >= 0.3 is 5.97 Å². The Balaban J connectivity index is 1.56. The first-order valence-corrected chi connectivity index (χ1v) is 16.0. The van der Waals surface area contributed by atoms with Crippen LogP contribution in [-0.4, -0.2) is 29.6 Å². The lowest BCUT2D eigenvalue weighted by atomic mass is 9.88. The van der Waals surface area contributed by atoms with E-state index in [-0.39, 0.29) is 0 Å². The number of thiocarbonyl (C=S) groups is 1. The maximum absolute atomic E-state index is 14.5. The second-order valence-corrected chi connectivity index (χ2v) is 12.0. The fraction of sp³-hybridized carbons (Fsp3) is 0.125. The molecule has 5 aromatic carbocycles. The number of carbonyl (C=O) groups excluding carboxylic acids is 1. The summed E-state index contributed by atoms with van der Waals surface area (Å²) in [7, 11) is 1.44. The third kappa shape index (κ3) is 5.19. The van der Waals surface area contributed by atoms with Crippen molar-refractivity contribution in [2.24, 2.45) is 11.0 Å². The smallest absolute Gasteiger partial charge is 0.319 e. The van der Waals surface area contributed by atoms with Crippen molar-refractivity contribution < 1.29 is 9.53 Å². The van der Waals surface area contributed by atoms with Crippen molar-refractivity contribution in [2.45, 2.75) is 19.0 Å². The average Bonchev–Trinajstić information content (AvgIpc) is 3.61. The number of benzene rings is 5. The minimum Gasteiger partial charge on any atom is -0.468 e. The molecule has 0 amide bonds. The minimum atomic E-state index is -1.33. The van der Waals surface area contributed by atoms with Gasteiger partial charge in [-0.2, -0.15) is 5.10 Å². The van der Waals surface area contributed by atoms with Gasteiger partial charge in [-0.3, -0.25) is 9.69 Å². The van der Waals surface area contributed by atoms with Crippen molar-refractivity contribution >= 4 is 46.1 Å². The molecule has 0 aromatic heterocycles. The molecular weight excluding hydrogens is 601 g/mol. The Labute approximate surface area is 280 Å². The number of amidine groups is 1. The zero-order valence-electron chi connectivity index (χ0n) is 26.2. The third-order valence-corrected chi connectivity index (χ3v) is 9.19. The molecule has 47 heavy (non-hydrogen) atoms. The van der Waals surface area contributed by atoms with Gasteiger partial charge in [-0.1, -0.05) is 133 Å². The molecule has 2 heterocycles. The summed E-state index contributed by atoms with van der Waals surface area (Å²) >= 11 is 6.65. The zero-order valence-corrected chi connectivity index (χ0v) is 27.0. The van der Waals surface area contributed by atoms with Crippen molar-refractivity contribution in [3.8, 4) is 0 Å². The first kappa shape index (κ1) is 30.1. The van der Waals surface area contributed by atoms with Crippen molar-refractivity contribution in [1.29, 1.82) is 0 Å². The molecule has 0 N–H and O–H groups in total. The largest absolute Gasteiger partial charge is 0.468 e. The molecule has 0 radical (unpaired) electrons. The van der Waals surface area contributed by atoms with E-state index in [1.54, 1.807) is 0 Å². The number of para-hydroxylation sites is 3. The number of hydrogen-bond acceptors (Lipinski definition) is 6. The number of nitrogens with zero attached hydrogens (tertiary/aromatic N) is 4. The molecule has 0 bridgehead atoms. The van der Waals surface area contributed by atoms with E-state index in [9.17, 15) is 4.79 Å². The number of hydrogen-bond donors (Lipinski definition) is 0. The molecule has 0 aliphatic carbocycles. The van der Waals surface area contributed by atoms with Crippen LogP contribution in [0, 0.1) is 12.8 Å². The van der Waals surface area contributed by atoms with Gasteiger partial charge in [0.1, 0.15) is 10.9 Å². The average molecular weight is 635 g/mol. The van der Waals surface area contributed by atoms with Gasteiger partial charge in [0.05, 0.1) is 12.8 Å². The molecule has 232 valence electrons. The van der Waals surface area contributed by atoms with Crippen molar-refractivity contribution in [3.05, 3.63) is 174 Å². The highest BCUT2D eigenvalue weighted by molar-refractivity contribution is 7.81. The van der Waals surface area contributed by atoms with Crippen LogP contribution in [-0.2, 0) is 16.0 Å². The van der Waals surface area contributed by atoms with Crippen LogP contribution in [0.15, 0.2) is 162 Å². The number of allylic oxidation sites excluding steroid dienone is 1. The highest BCUT2D eigenvalue weighted by Gasteiger charge is 2.68. The molecule has 2 atom stereocenters. The Hall–Kier alpha value is -5.53. The number of methoxy groups -OCH3 is 1. The summed E-state index contributed by atoms with van der Waals surface area (Å²) in [6.07, 6.45) is 2.70. The number of anilines is 3. The molecule has 1 spiro atoms. The number of rotatable bonds is 7. The molecule has 0 unspecified atom stereocenters. The van der Waals surface area contributed by atoms with Gasteiger partial charge in [0, 0.05) is 22.6 Å². The van der Waals surface area contributed by atoms with Gasteiger partial charge in [0.25, 0.3) is 0 Å². The second-order valence-electron chi connectivity index (χ2n) is 11.6. The third-order valence-electron chi connectivity index (χ3n) is 8.71. The van der Waals surface area contributed by atoms with Crippen LogP contribution in [0.5, 0.6) is 0 Å². The number of aryl methyl sites for hydroxylation is 1. The lowest BCUT2D eigenvalue weighted by Crippen LogP contribution is -2.65. The highest BCUT2D eigenvalue weighted by atomic mass is 32.1. The minimum absolute atomic E-state index is 0.410. The normalized spacial score (nSPS) is 19.8. The zero-order chi connectivity index (χ0) is 32.4. The summed E-state index contributed by atoms with van der Waals surface area (Å²) in [5.74, 6) is -0.628. The fourth-order valence-electron chi connectivity index (χ4n) is 6.55. The fourth-order valence-corrected chi connectivity index (χ4v) is 7.06. The summed E-state index contributed by atoms with van der Waals surface area (Å²) in [5.41, 5.74) is 5.06. The van der Waals surface area contributed by atoms with Gasteiger partial charge in [0.15, 0.2) is 5.84 Å². The van der Waals surface area contributed by atoms with E-state index in [2.05, 4.69) is 54.3 Å². The van der Waals surface area contributed by atoms with E-state index in [1.165, 1.54) is 7.11 Å². The Morgan fingerprint density at radius 1 is 0.766 bits per heavy atom. The second kappa shape index (κ2) is 12.7. The van der Waals surface area contributed by atoms with Crippen LogP contribution >= 0.6 is 12.2 Å². The monoisotopic (exact) mass is 634 g/mol. The molecule has 7 heteroatoms. The van der Waals surface area contributed by atoms with Crippen molar-refractivity contribution in [1.82, 2.24) is 0 Å². The van der Waals surface area contributed by atoms with Gasteiger partial charge in [-0.25, -0.2) is 5.01 Å². The predicted molar refractivity (Wildman–Crippen MR) is 194 cm³/mol. The van der Waals surface area contributed by atoms with Crippen molar-refractivity contribution in [3.63, 3.8) is 0 Å². The van der Waals surface area contributed by atoms with Crippen molar-refractivity contribution in [2.75, 3.05) is 21.9 Å². The summed E-state index contributed by atoms with van der Waals surface area (Å²) in [6, 6.07) is 48.4. The quantitative estimate of drug-likeness (QED) is 0.133. The van der Waals surface area contributed by atoms with Gasteiger partial charge in [-0.15, -0.1) is 0 Å². The van der Waals surface area contributed by atoms with Crippen LogP contribution in [0.3, 0.4) is 0 Å². The molecule has 1 saturated heterocycles. The van der Waals surface area contributed by atoms with E-state index in [1.807, 2.05) is 119 Å². The van der Waals surface area contributed by atoms with Crippen LogP contribution in [0.2, 0.25) is 0 Å². The number of carbonyl (C=O) groups is 1. The molecule has 1 fully saturated rings. The lowest BCUT2D eigenvalue weighted by molar-refractivity contribution is -0.145. The van der Waals surface area contributed by atoms with E-state index >= 15 is 0 Å². The van der Waals surface area contributed by atoms with Gasteiger partial charge < -0.3 is 9.64 Å².